The Labute approximate surface area is 168 Å². The van der Waals surface area contributed by atoms with Crippen LogP contribution in [0.15, 0.2) is 65.6 Å². The van der Waals surface area contributed by atoms with E-state index in [0.29, 0.717) is 16.4 Å². The molecule has 2 N–H and O–H groups in total. The molecule has 2 aromatic carbocycles. The van der Waals surface area contributed by atoms with E-state index in [-0.39, 0.29) is 23.9 Å². The third-order valence-electron chi connectivity index (χ3n) is 4.46. The van der Waals surface area contributed by atoms with Crippen molar-refractivity contribution in [3.63, 3.8) is 0 Å². The number of halogens is 1. The van der Waals surface area contributed by atoms with Gasteiger partial charge in [0, 0.05) is 28.4 Å². The third-order valence-corrected chi connectivity index (χ3v) is 4.71. The molecule has 3 aromatic rings. The van der Waals surface area contributed by atoms with Crippen molar-refractivity contribution in [2.45, 2.75) is 32.2 Å². The Balaban J connectivity index is 1.56. The van der Waals surface area contributed by atoms with E-state index in [1.165, 1.54) is 11.8 Å². The first kappa shape index (κ1) is 19.8. The highest BCUT2D eigenvalue weighted by molar-refractivity contribution is 6.30. The van der Waals surface area contributed by atoms with E-state index < -0.39 is 0 Å². The number of hydrogen-bond acceptors (Lipinski definition) is 3. The van der Waals surface area contributed by atoms with Gasteiger partial charge in [0.1, 0.15) is 5.82 Å². The van der Waals surface area contributed by atoms with E-state index in [2.05, 4.69) is 27.4 Å². The summed E-state index contributed by atoms with van der Waals surface area (Å²) in [6.07, 6.45) is 3.18. The Kier molecular flexibility index (Phi) is 6.61. The van der Waals surface area contributed by atoms with Crippen LogP contribution in [-0.4, -0.2) is 21.9 Å². The number of nitrogens with one attached hydrogen (secondary N) is 2. The molecule has 5 nitrogen and oxygen atoms in total. The van der Waals surface area contributed by atoms with Crippen molar-refractivity contribution in [1.82, 2.24) is 15.3 Å². The van der Waals surface area contributed by atoms with Crippen molar-refractivity contribution in [2.75, 3.05) is 0 Å². The first-order valence-electron chi connectivity index (χ1n) is 9.18. The van der Waals surface area contributed by atoms with Gasteiger partial charge in [0.05, 0.1) is 6.42 Å². The third kappa shape index (κ3) is 5.54. The van der Waals surface area contributed by atoms with Crippen LogP contribution < -0.4 is 10.9 Å². The molecular formula is C22H22ClN3O2. The summed E-state index contributed by atoms with van der Waals surface area (Å²) in [4.78, 5) is 31.6. The van der Waals surface area contributed by atoms with Gasteiger partial charge in [-0.1, -0.05) is 41.9 Å². The van der Waals surface area contributed by atoms with Gasteiger partial charge in [-0.15, -0.1) is 0 Å². The number of aromatic nitrogens is 2. The summed E-state index contributed by atoms with van der Waals surface area (Å²) in [6.45, 7) is 1.97. The first-order valence-corrected chi connectivity index (χ1v) is 9.56. The van der Waals surface area contributed by atoms with Crippen LogP contribution in [0.25, 0.3) is 11.4 Å². The average molecular weight is 396 g/mol. The molecule has 0 saturated carbocycles. The fraction of sp³-hybridized carbons (Fsp3) is 0.227. The molecule has 1 aromatic heterocycles. The van der Waals surface area contributed by atoms with Crippen molar-refractivity contribution in [1.29, 1.82) is 0 Å². The van der Waals surface area contributed by atoms with Crippen LogP contribution in [0.3, 0.4) is 0 Å². The summed E-state index contributed by atoms with van der Waals surface area (Å²) in [5.74, 6) is 0.258. The number of nitrogens with zero attached hydrogens (tertiary/aromatic N) is 1. The highest BCUT2D eigenvalue weighted by atomic mass is 35.5. The molecule has 6 heteroatoms. The molecule has 1 atom stereocenters. The van der Waals surface area contributed by atoms with Crippen LogP contribution in [-0.2, 0) is 17.6 Å². The van der Waals surface area contributed by atoms with Gasteiger partial charge in [-0.25, -0.2) is 4.98 Å². The molecule has 0 aliphatic heterocycles. The first-order chi connectivity index (χ1) is 13.5. The number of carbonyl (C=O) groups is 1. The molecule has 3 rings (SSSR count). The van der Waals surface area contributed by atoms with Crippen LogP contribution in [0.1, 0.15) is 24.5 Å². The number of amides is 1. The van der Waals surface area contributed by atoms with Crippen molar-refractivity contribution in [2.24, 2.45) is 0 Å². The number of rotatable bonds is 7. The zero-order valence-corrected chi connectivity index (χ0v) is 16.4. The lowest BCUT2D eigenvalue weighted by Crippen LogP contribution is -2.35. The second kappa shape index (κ2) is 9.33. The molecule has 0 fully saturated rings. The van der Waals surface area contributed by atoms with Gasteiger partial charge >= 0.3 is 0 Å². The molecule has 0 spiro atoms. The van der Waals surface area contributed by atoms with E-state index in [1.807, 2.05) is 25.1 Å². The summed E-state index contributed by atoms with van der Waals surface area (Å²) in [5, 5.41) is 3.56. The monoisotopic (exact) mass is 395 g/mol. The van der Waals surface area contributed by atoms with Crippen molar-refractivity contribution < 1.29 is 4.79 Å². The van der Waals surface area contributed by atoms with Crippen LogP contribution >= 0.6 is 11.6 Å². The lowest BCUT2D eigenvalue weighted by molar-refractivity contribution is -0.121. The van der Waals surface area contributed by atoms with Gasteiger partial charge < -0.3 is 10.3 Å². The Morgan fingerprint density at radius 3 is 2.54 bits per heavy atom. The smallest absolute Gasteiger partial charge is 0.254 e. The minimum Gasteiger partial charge on any atom is -0.353 e. The van der Waals surface area contributed by atoms with E-state index >= 15 is 0 Å². The number of hydrogen-bond donors (Lipinski definition) is 2. The molecule has 1 amide bonds. The molecular weight excluding hydrogens is 374 g/mol. The molecule has 1 heterocycles. The molecule has 28 heavy (non-hydrogen) atoms. The number of aromatic amines is 1. The van der Waals surface area contributed by atoms with Gasteiger partial charge in [-0.2, -0.15) is 0 Å². The average Bonchev–Trinajstić information content (AvgIpc) is 2.69. The van der Waals surface area contributed by atoms with Crippen LogP contribution in [0.2, 0.25) is 5.02 Å². The van der Waals surface area contributed by atoms with Gasteiger partial charge in [-0.05, 0) is 49.6 Å². The Hall–Kier alpha value is -2.92. The fourth-order valence-corrected chi connectivity index (χ4v) is 3.03. The summed E-state index contributed by atoms with van der Waals surface area (Å²) >= 11 is 5.87. The Morgan fingerprint density at radius 2 is 1.86 bits per heavy atom. The molecule has 0 bridgehead atoms. The maximum absolute atomic E-state index is 12.3. The summed E-state index contributed by atoms with van der Waals surface area (Å²) in [7, 11) is 0. The molecule has 144 valence electrons. The summed E-state index contributed by atoms with van der Waals surface area (Å²) < 4.78 is 0. The quantitative estimate of drug-likeness (QED) is 0.639. The van der Waals surface area contributed by atoms with Crippen LogP contribution in [0.4, 0.5) is 0 Å². The molecule has 0 aliphatic carbocycles. The highest BCUT2D eigenvalue weighted by Gasteiger charge is 2.12. The number of H-pyrrole nitrogens is 1. The van der Waals surface area contributed by atoms with Gasteiger partial charge in [0.25, 0.3) is 5.56 Å². The standard InChI is InChI=1S/C22H22ClN3O2/c1-15(7-8-16-5-3-2-4-6-16)25-20(27)13-18-14-24-21(26-22(18)28)17-9-11-19(23)12-10-17/h2-6,9-12,14-15H,7-8,13H2,1H3,(H,25,27)(H,24,26,28)/t15-/m0/s1. The Morgan fingerprint density at radius 1 is 1.14 bits per heavy atom. The molecule has 0 saturated heterocycles. The van der Waals surface area contributed by atoms with Crippen LogP contribution in [0, 0.1) is 0 Å². The normalized spacial score (nSPS) is 11.8. The second-order valence-electron chi connectivity index (χ2n) is 6.76. The molecule has 0 unspecified atom stereocenters. The molecule has 0 aliphatic rings. The van der Waals surface area contributed by atoms with Crippen molar-refractivity contribution in [3.8, 4) is 11.4 Å². The second-order valence-corrected chi connectivity index (χ2v) is 7.20. The summed E-state index contributed by atoms with van der Waals surface area (Å²) in [6, 6.07) is 17.2. The predicted octanol–water partition coefficient (Wildman–Crippen LogP) is 3.77. The topological polar surface area (TPSA) is 74.8 Å². The van der Waals surface area contributed by atoms with E-state index in [0.717, 1.165) is 18.4 Å². The van der Waals surface area contributed by atoms with Gasteiger partial charge in [0.15, 0.2) is 0 Å². The summed E-state index contributed by atoms with van der Waals surface area (Å²) in [5.41, 5.74) is 2.02. The number of aryl methyl sites for hydroxylation is 1. The zero-order valence-electron chi connectivity index (χ0n) is 15.6. The number of carbonyl (C=O) groups excluding carboxylic acids is 1. The SMILES string of the molecule is C[C@@H](CCc1ccccc1)NC(=O)Cc1cnc(-c2ccc(Cl)cc2)[nH]c1=O. The number of benzene rings is 2. The van der Waals surface area contributed by atoms with Gasteiger partial charge in [-0.3, -0.25) is 9.59 Å². The van der Waals surface area contributed by atoms with Crippen molar-refractivity contribution >= 4 is 17.5 Å². The van der Waals surface area contributed by atoms with Crippen molar-refractivity contribution in [3.05, 3.63) is 87.3 Å². The minimum atomic E-state index is -0.313. The van der Waals surface area contributed by atoms with E-state index in [4.69, 9.17) is 11.6 Å². The lowest BCUT2D eigenvalue weighted by atomic mass is 10.1. The van der Waals surface area contributed by atoms with E-state index in [9.17, 15) is 9.59 Å². The van der Waals surface area contributed by atoms with E-state index in [1.54, 1.807) is 24.3 Å². The largest absolute Gasteiger partial charge is 0.353 e. The maximum Gasteiger partial charge on any atom is 0.254 e. The lowest BCUT2D eigenvalue weighted by Gasteiger charge is -2.14. The zero-order chi connectivity index (χ0) is 19.9. The molecule has 0 radical (unpaired) electrons. The predicted molar refractivity (Wildman–Crippen MR) is 111 cm³/mol. The minimum absolute atomic E-state index is 0.00108. The maximum atomic E-state index is 12.3. The van der Waals surface area contributed by atoms with Gasteiger partial charge in [0.2, 0.25) is 5.91 Å². The Bertz CT molecular complexity index is 985. The highest BCUT2D eigenvalue weighted by Crippen LogP contribution is 2.16. The fourth-order valence-electron chi connectivity index (χ4n) is 2.90. The van der Waals surface area contributed by atoms with Crippen LogP contribution in [0.5, 0.6) is 0 Å².